The van der Waals surface area contributed by atoms with Gasteiger partial charge in [0, 0.05) is 24.3 Å². The Bertz CT molecular complexity index is 1130. The van der Waals surface area contributed by atoms with Crippen LogP contribution in [0.25, 0.3) is 0 Å². The molecule has 0 amide bonds. The standard InChI is InChI=1S/C8H5ClN2O6.C7H3ClN2O6/c1-17-8(12)4-2-5(10(13)14)7(9)6(3-4)11(15)16;8-6-4(9(13)14)1-3(7(11)12)2-5(6)10(15)16/h2-3H,1H3;1-2H,(H,11,12). The summed E-state index contributed by atoms with van der Waals surface area (Å²) in [5.74, 6) is -2.43. The summed E-state index contributed by atoms with van der Waals surface area (Å²) in [5, 5.41) is 49.4. The third-order valence-corrected chi connectivity index (χ3v) is 4.30. The average Bonchev–Trinajstić information content (AvgIpc) is 2.72. The van der Waals surface area contributed by atoms with Crippen molar-refractivity contribution in [2.24, 2.45) is 0 Å². The zero-order chi connectivity index (χ0) is 25.6. The average molecular weight is 507 g/mol. The van der Waals surface area contributed by atoms with Crippen LogP contribution in [-0.2, 0) is 4.74 Å². The van der Waals surface area contributed by atoms with Gasteiger partial charge in [0.2, 0.25) is 0 Å². The van der Waals surface area contributed by atoms with Crippen LogP contribution in [0.1, 0.15) is 20.7 Å². The molecule has 174 valence electrons. The van der Waals surface area contributed by atoms with Crippen molar-refractivity contribution < 1.29 is 39.1 Å². The number of carbonyl (C=O) groups excluding carboxylic acids is 1. The number of halogens is 2. The van der Waals surface area contributed by atoms with Crippen LogP contribution in [0, 0.1) is 40.5 Å². The summed E-state index contributed by atoms with van der Waals surface area (Å²) >= 11 is 10.9. The van der Waals surface area contributed by atoms with E-state index in [-0.39, 0.29) is 5.56 Å². The van der Waals surface area contributed by atoms with Gasteiger partial charge in [-0.2, -0.15) is 0 Å². The number of nitrogens with zero attached hydrogens (tertiary/aromatic N) is 4. The van der Waals surface area contributed by atoms with E-state index in [2.05, 4.69) is 4.74 Å². The molecule has 0 spiro atoms. The minimum Gasteiger partial charge on any atom is -0.478 e. The predicted octanol–water partition coefficient (Wildman–Crippen LogP) is 3.80. The molecular formula is C15H8Cl2N4O12. The number of ether oxygens (including phenoxy) is 1. The van der Waals surface area contributed by atoms with E-state index in [4.69, 9.17) is 28.3 Å². The fraction of sp³-hybridized carbons (Fsp3) is 0.0667. The number of benzene rings is 2. The molecule has 0 fully saturated rings. The number of esters is 1. The van der Waals surface area contributed by atoms with Crippen molar-refractivity contribution in [3.8, 4) is 0 Å². The van der Waals surface area contributed by atoms with Crippen molar-refractivity contribution >= 4 is 57.9 Å². The highest BCUT2D eigenvalue weighted by Gasteiger charge is 2.28. The molecular weight excluding hydrogens is 499 g/mol. The Morgan fingerprint density at radius 3 is 1.21 bits per heavy atom. The van der Waals surface area contributed by atoms with E-state index in [1.54, 1.807) is 0 Å². The molecule has 16 nitrogen and oxygen atoms in total. The normalized spacial score (nSPS) is 9.79. The molecule has 0 saturated carbocycles. The van der Waals surface area contributed by atoms with Gasteiger partial charge in [0.15, 0.2) is 10.0 Å². The molecule has 2 aromatic rings. The maximum absolute atomic E-state index is 11.2. The van der Waals surface area contributed by atoms with Gasteiger partial charge < -0.3 is 9.84 Å². The Morgan fingerprint density at radius 1 is 0.727 bits per heavy atom. The highest BCUT2D eigenvalue weighted by atomic mass is 35.5. The highest BCUT2D eigenvalue weighted by Crippen LogP contribution is 2.35. The number of methoxy groups -OCH3 is 1. The van der Waals surface area contributed by atoms with Gasteiger partial charge in [0.25, 0.3) is 22.7 Å². The zero-order valence-corrected chi connectivity index (χ0v) is 17.3. The lowest BCUT2D eigenvalue weighted by atomic mass is 10.1. The monoisotopic (exact) mass is 506 g/mol. The van der Waals surface area contributed by atoms with E-state index in [9.17, 15) is 50.0 Å². The van der Waals surface area contributed by atoms with E-state index < -0.39 is 70.0 Å². The van der Waals surface area contributed by atoms with Crippen LogP contribution in [0.3, 0.4) is 0 Å². The predicted molar refractivity (Wildman–Crippen MR) is 108 cm³/mol. The molecule has 0 aliphatic rings. The Labute approximate surface area is 190 Å². The summed E-state index contributed by atoms with van der Waals surface area (Å²) < 4.78 is 4.32. The Balaban J connectivity index is 0.000000331. The van der Waals surface area contributed by atoms with Gasteiger partial charge in [-0.1, -0.05) is 23.2 Å². The molecule has 2 aromatic carbocycles. The summed E-state index contributed by atoms with van der Waals surface area (Å²) in [6.07, 6.45) is 0. The van der Waals surface area contributed by atoms with Gasteiger partial charge in [0.1, 0.15) is 0 Å². The van der Waals surface area contributed by atoms with Crippen molar-refractivity contribution in [2.45, 2.75) is 0 Å². The summed E-state index contributed by atoms with van der Waals surface area (Å²) in [4.78, 5) is 60.1. The summed E-state index contributed by atoms with van der Waals surface area (Å²) in [7, 11) is 1.05. The van der Waals surface area contributed by atoms with Crippen molar-refractivity contribution in [2.75, 3.05) is 7.11 Å². The van der Waals surface area contributed by atoms with Crippen LogP contribution in [0.5, 0.6) is 0 Å². The number of carboxylic acid groups (broad SMARTS) is 1. The smallest absolute Gasteiger partial charge is 0.338 e. The van der Waals surface area contributed by atoms with E-state index >= 15 is 0 Å². The van der Waals surface area contributed by atoms with Crippen LogP contribution in [0.15, 0.2) is 24.3 Å². The van der Waals surface area contributed by atoms with Crippen molar-refractivity contribution in [1.82, 2.24) is 0 Å². The summed E-state index contributed by atoms with van der Waals surface area (Å²) in [6, 6.07) is 2.97. The van der Waals surface area contributed by atoms with E-state index in [1.807, 2.05) is 0 Å². The molecule has 0 radical (unpaired) electrons. The Hall–Kier alpha value is -4.44. The van der Waals surface area contributed by atoms with Crippen LogP contribution in [-0.4, -0.2) is 43.8 Å². The minimum atomic E-state index is -1.51. The molecule has 0 aromatic heterocycles. The Kier molecular flexibility index (Phi) is 8.65. The van der Waals surface area contributed by atoms with Crippen molar-refractivity contribution in [3.63, 3.8) is 0 Å². The fourth-order valence-electron chi connectivity index (χ4n) is 2.08. The maximum atomic E-state index is 11.2. The number of hydrogen-bond donors (Lipinski definition) is 1. The van der Waals surface area contributed by atoms with Crippen LogP contribution >= 0.6 is 23.2 Å². The Morgan fingerprint density at radius 2 is 1.00 bits per heavy atom. The topological polar surface area (TPSA) is 236 Å². The van der Waals surface area contributed by atoms with E-state index in [0.717, 1.165) is 19.2 Å². The molecule has 0 atom stereocenters. The van der Waals surface area contributed by atoms with Gasteiger partial charge in [-0.05, 0) is 0 Å². The van der Waals surface area contributed by atoms with Crippen molar-refractivity contribution in [3.05, 3.63) is 85.9 Å². The second-order valence-corrected chi connectivity index (χ2v) is 6.24. The first-order valence-electron chi connectivity index (χ1n) is 7.79. The first-order chi connectivity index (χ1) is 15.2. The lowest BCUT2D eigenvalue weighted by Gasteiger charge is -2.01. The molecule has 0 aliphatic carbocycles. The number of hydrogen-bond acceptors (Lipinski definition) is 11. The molecule has 0 saturated heterocycles. The molecule has 33 heavy (non-hydrogen) atoms. The number of nitro groups is 4. The van der Waals surface area contributed by atoms with E-state index in [0.29, 0.717) is 12.1 Å². The van der Waals surface area contributed by atoms with E-state index in [1.165, 1.54) is 0 Å². The zero-order valence-electron chi connectivity index (χ0n) is 15.8. The van der Waals surface area contributed by atoms with Gasteiger partial charge in [-0.15, -0.1) is 0 Å². The molecule has 0 aliphatic heterocycles. The molecule has 18 heteroatoms. The first kappa shape index (κ1) is 26.6. The molecule has 0 bridgehead atoms. The quantitative estimate of drug-likeness (QED) is 0.334. The number of nitro benzene ring substituents is 4. The first-order valence-corrected chi connectivity index (χ1v) is 8.54. The van der Waals surface area contributed by atoms with Crippen molar-refractivity contribution in [1.29, 1.82) is 0 Å². The lowest BCUT2D eigenvalue weighted by molar-refractivity contribution is -0.394. The van der Waals surface area contributed by atoms with Crippen LogP contribution < -0.4 is 0 Å². The lowest BCUT2D eigenvalue weighted by Crippen LogP contribution is -2.04. The number of aromatic carboxylic acids is 1. The third kappa shape index (κ3) is 6.28. The van der Waals surface area contributed by atoms with Gasteiger partial charge in [0.05, 0.1) is 37.9 Å². The number of carboxylic acids is 1. The second-order valence-electron chi connectivity index (χ2n) is 5.48. The number of carbonyl (C=O) groups is 2. The van der Waals surface area contributed by atoms with Crippen LogP contribution in [0.2, 0.25) is 10.0 Å². The third-order valence-electron chi connectivity index (χ3n) is 3.52. The van der Waals surface area contributed by atoms with Gasteiger partial charge in [-0.3, -0.25) is 40.5 Å². The highest BCUT2D eigenvalue weighted by molar-refractivity contribution is 6.35. The van der Waals surface area contributed by atoms with Gasteiger partial charge in [-0.25, -0.2) is 9.59 Å². The molecule has 2 rings (SSSR count). The molecule has 1 N–H and O–H groups in total. The largest absolute Gasteiger partial charge is 0.478 e. The summed E-state index contributed by atoms with van der Waals surface area (Å²) in [6.45, 7) is 0. The maximum Gasteiger partial charge on any atom is 0.338 e. The van der Waals surface area contributed by atoms with Gasteiger partial charge >= 0.3 is 11.9 Å². The number of rotatable bonds is 6. The minimum absolute atomic E-state index is 0.310. The fourth-order valence-corrected chi connectivity index (χ4v) is 2.57. The SMILES string of the molecule is COC(=O)c1cc([N+](=O)[O-])c(Cl)c([N+](=O)[O-])c1.O=C(O)c1cc([N+](=O)[O-])c(Cl)c([N+](=O)[O-])c1. The van der Waals surface area contributed by atoms with Crippen LogP contribution in [0.4, 0.5) is 22.7 Å². The summed E-state index contributed by atoms with van der Waals surface area (Å²) in [5.41, 5.74) is -3.94. The molecule has 0 heterocycles. The molecule has 0 unspecified atom stereocenters. The second kappa shape index (κ2) is 10.7.